The molecule has 0 unspecified atom stereocenters. The molecule has 0 radical (unpaired) electrons. The maximum absolute atomic E-state index is 11.2. The van der Waals surface area contributed by atoms with E-state index in [4.69, 9.17) is 4.74 Å². The van der Waals surface area contributed by atoms with Crippen LogP contribution in [0, 0.1) is 20.2 Å². The van der Waals surface area contributed by atoms with Gasteiger partial charge in [-0.25, -0.2) is 4.98 Å². The van der Waals surface area contributed by atoms with Gasteiger partial charge < -0.3 is 10.1 Å². The van der Waals surface area contributed by atoms with Crippen LogP contribution in [0.4, 0.5) is 22.9 Å². The SMILES string of the molecule is CCOc1ncnc(Nc2cccc([N+](=O)[O-])c2)c1[N+](=O)[O-]. The average Bonchev–Trinajstić information content (AvgIpc) is 2.47. The van der Waals surface area contributed by atoms with Crippen molar-refractivity contribution in [3.63, 3.8) is 0 Å². The number of hydrogen-bond acceptors (Lipinski definition) is 8. The van der Waals surface area contributed by atoms with E-state index < -0.39 is 15.5 Å². The van der Waals surface area contributed by atoms with Crippen LogP contribution in [0.2, 0.25) is 0 Å². The third-order valence-electron chi connectivity index (χ3n) is 2.57. The molecule has 0 saturated heterocycles. The van der Waals surface area contributed by atoms with Crippen molar-refractivity contribution >= 4 is 22.9 Å². The smallest absolute Gasteiger partial charge is 0.373 e. The number of nitro groups is 2. The molecule has 114 valence electrons. The average molecular weight is 305 g/mol. The second-order valence-electron chi connectivity index (χ2n) is 4.00. The summed E-state index contributed by atoms with van der Waals surface area (Å²) >= 11 is 0. The Labute approximate surface area is 124 Å². The predicted octanol–water partition coefficient (Wildman–Crippen LogP) is 2.44. The van der Waals surface area contributed by atoms with Crippen LogP contribution in [-0.4, -0.2) is 26.4 Å². The minimum Gasteiger partial charge on any atom is -0.473 e. The van der Waals surface area contributed by atoms with Crippen molar-refractivity contribution in [2.24, 2.45) is 0 Å². The van der Waals surface area contributed by atoms with E-state index in [0.717, 1.165) is 6.33 Å². The Morgan fingerprint density at radius 2 is 2.00 bits per heavy atom. The van der Waals surface area contributed by atoms with Crippen molar-refractivity contribution in [1.29, 1.82) is 0 Å². The first-order valence-corrected chi connectivity index (χ1v) is 6.16. The van der Waals surface area contributed by atoms with Crippen LogP contribution in [0.1, 0.15) is 6.92 Å². The van der Waals surface area contributed by atoms with E-state index in [0.29, 0.717) is 5.69 Å². The molecule has 22 heavy (non-hydrogen) atoms. The summed E-state index contributed by atoms with van der Waals surface area (Å²) < 4.78 is 5.10. The molecule has 10 nitrogen and oxygen atoms in total. The van der Waals surface area contributed by atoms with E-state index >= 15 is 0 Å². The van der Waals surface area contributed by atoms with Gasteiger partial charge in [0, 0.05) is 17.8 Å². The number of aromatic nitrogens is 2. The molecule has 0 saturated carbocycles. The monoisotopic (exact) mass is 305 g/mol. The molecule has 0 amide bonds. The lowest BCUT2D eigenvalue weighted by molar-refractivity contribution is -0.385. The summed E-state index contributed by atoms with van der Waals surface area (Å²) in [6.45, 7) is 1.87. The Balaban J connectivity index is 2.41. The lowest BCUT2D eigenvalue weighted by Crippen LogP contribution is -2.05. The Kier molecular flexibility index (Phi) is 4.41. The molecule has 0 aliphatic carbocycles. The fraction of sp³-hybridized carbons (Fsp3) is 0.167. The van der Waals surface area contributed by atoms with Crippen molar-refractivity contribution in [3.05, 3.63) is 50.8 Å². The third-order valence-corrected chi connectivity index (χ3v) is 2.57. The molecule has 10 heteroatoms. The van der Waals surface area contributed by atoms with Crippen molar-refractivity contribution < 1.29 is 14.6 Å². The number of nitrogens with one attached hydrogen (secondary N) is 1. The van der Waals surface area contributed by atoms with Gasteiger partial charge in [-0.1, -0.05) is 6.07 Å². The predicted molar refractivity (Wildman–Crippen MR) is 76.2 cm³/mol. The van der Waals surface area contributed by atoms with Crippen LogP contribution in [0.15, 0.2) is 30.6 Å². The third kappa shape index (κ3) is 3.23. The van der Waals surface area contributed by atoms with Gasteiger partial charge in [-0.15, -0.1) is 0 Å². The zero-order valence-electron chi connectivity index (χ0n) is 11.4. The van der Waals surface area contributed by atoms with Gasteiger partial charge in [0.25, 0.3) is 11.6 Å². The van der Waals surface area contributed by atoms with Gasteiger partial charge in [-0.05, 0) is 13.0 Å². The molecule has 0 bridgehead atoms. The normalized spacial score (nSPS) is 10.0. The van der Waals surface area contributed by atoms with E-state index in [1.807, 2.05) is 0 Å². The number of rotatable bonds is 6. The maximum atomic E-state index is 11.2. The van der Waals surface area contributed by atoms with Crippen molar-refractivity contribution in [1.82, 2.24) is 9.97 Å². The Morgan fingerprint density at radius 1 is 1.23 bits per heavy atom. The molecule has 0 aliphatic rings. The van der Waals surface area contributed by atoms with Crippen LogP contribution < -0.4 is 10.1 Å². The maximum Gasteiger partial charge on any atom is 0.373 e. The Hall–Kier alpha value is -3.30. The summed E-state index contributed by atoms with van der Waals surface area (Å²) in [5.41, 5.74) is -0.291. The lowest BCUT2D eigenvalue weighted by Gasteiger charge is -2.08. The number of hydrogen-bond donors (Lipinski definition) is 1. The summed E-state index contributed by atoms with van der Waals surface area (Å²) in [5.74, 6) is -0.278. The standard InChI is InChI=1S/C12H11N5O5/c1-2-22-12-10(17(20)21)11(13-7-14-12)15-8-4-3-5-9(6-8)16(18)19/h3-7H,2H2,1H3,(H,13,14,15). The van der Waals surface area contributed by atoms with E-state index in [2.05, 4.69) is 15.3 Å². The van der Waals surface area contributed by atoms with E-state index in [1.165, 1.54) is 24.3 Å². The molecule has 1 heterocycles. The first-order chi connectivity index (χ1) is 10.5. The Bertz CT molecular complexity index is 721. The van der Waals surface area contributed by atoms with Gasteiger partial charge >= 0.3 is 5.69 Å². The fourth-order valence-electron chi connectivity index (χ4n) is 1.69. The first-order valence-electron chi connectivity index (χ1n) is 6.16. The number of non-ortho nitro benzene ring substituents is 1. The molecule has 0 spiro atoms. The van der Waals surface area contributed by atoms with Gasteiger partial charge in [0.05, 0.1) is 16.5 Å². The van der Waals surface area contributed by atoms with Crippen LogP contribution in [0.3, 0.4) is 0 Å². The van der Waals surface area contributed by atoms with Crippen LogP contribution in [0.5, 0.6) is 5.88 Å². The second kappa shape index (κ2) is 6.43. The highest BCUT2D eigenvalue weighted by Crippen LogP contribution is 2.33. The highest BCUT2D eigenvalue weighted by molar-refractivity contribution is 5.69. The molecule has 2 rings (SSSR count). The van der Waals surface area contributed by atoms with Crippen molar-refractivity contribution in [3.8, 4) is 5.88 Å². The summed E-state index contributed by atoms with van der Waals surface area (Å²) in [6, 6.07) is 5.54. The summed E-state index contributed by atoms with van der Waals surface area (Å²) in [7, 11) is 0. The number of nitro benzene ring substituents is 1. The van der Waals surface area contributed by atoms with Gasteiger partial charge in [0.15, 0.2) is 0 Å². The number of benzene rings is 1. The molecule has 0 fully saturated rings. The minimum absolute atomic E-state index is 0.107. The highest BCUT2D eigenvalue weighted by atomic mass is 16.6. The summed E-state index contributed by atoms with van der Waals surface area (Å²) in [4.78, 5) is 28.2. The summed E-state index contributed by atoms with van der Waals surface area (Å²) in [6.07, 6.45) is 1.11. The number of anilines is 2. The minimum atomic E-state index is -0.676. The molecule has 1 aromatic heterocycles. The Morgan fingerprint density at radius 3 is 2.64 bits per heavy atom. The van der Waals surface area contributed by atoms with E-state index in [1.54, 1.807) is 6.92 Å². The quantitative estimate of drug-likeness (QED) is 0.635. The van der Waals surface area contributed by atoms with E-state index in [-0.39, 0.29) is 24.0 Å². The molecular weight excluding hydrogens is 294 g/mol. The van der Waals surface area contributed by atoms with Gasteiger partial charge in [-0.2, -0.15) is 4.98 Å². The number of nitrogens with zero attached hydrogens (tertiary/aromatic N) is 4. The van der Waals surface area contributed by atoms with E-state index in [9.17, 15) is 20.2 Å². The fourth-order valence-corrected chi connectivity index (χ4v) is 1.69. The number of ether oxygens (including phenoxy) is 1. The molecular formula is C12H11N5O5. The summed E-state index contributed by atoms with van der Waals surface area (Å²) in [5, 5.41) is 24.6. The topological polar surface area (TPSA) is 133 Å². The molecule has 1 N–H and O–H groups in total. The van der Waals surface area contributed by atoms with Crippen molar-refractivity contribution in [2.75, 3.05) is 11.9 Å². The van der Waals surface area contributed by atoms with Crippen molar-refractivity contribution in [2.45, 2.75) is 6.92 Å². The molecule has 0 atom stereocenters. The molecule has 0 aliphatic heterocycles. The van der Waals surface area contributed by atoms with Gasteiger partial charge in [-0.3, -0.25) is 20.2 Å². The lowest BCUT2D eigenvalue weighted by atomic mass is 10.3. The van der Waals surface area contributed by atoms with Crippen LogP contribution >= 0.6 is 0 Å². The highest BCUT2D eigenvalue weighted by Gasteiger charge is 2.24. The second-order valence-corrected chi connectivity index (χ2v) is 4.00. The van der Waals surface area contributed by atoms with Gasteiger partial charge in [0.2, 0.25) is 5.82 Å². The zero-order chi connectivity index (χ0) is 16.1. The first kappa shape index (κ1) is 15.1. The molecule has 1 aromatic carbocycles. The zero-order valence-corrected chi connectivity index (χ0v) is 11.4. The molecule has 2 aromatic rings. The van der Waals surface area contributed by atoms with Crippen LogP contribution in [0.25, 0.3) is 0 Å². The van der Waals surface area contributed by atoms with Crippen LogP contribution in [-0.2, 0) is 0 Å². The van der Waals surface area contributed by atoms with Gasteiger partial charge in [0.1, 0.15) is 6.33 Å². The largest absolute Gasteiger partial charge is 0.473 e.